The average molecular weight is 330 g/mol. The van der Waals surface area contributed by atoms with Crippen LogP contribution in [0.25, 0.3) is 6.08 Å². The monoisotopic (exact) mass is 330 g/mol. The molecule has 2 aromatic carbocycles. The van der Waals surface area contributed by atoms with Gasteiger partial charge in [0.15, 0.2) is 11.5 Å². The van der Waals surface area contributed by atoms with Crippen LogP contribution in [0.4, 0.5) is 0 Å². The highest BCUT2D eigenvalue weighted by Crippen LogP contribution is 2.37. The number of para-hydroxylation sites is 1. The van der Waals surface area contributed by atoms with Crippen molar-refractivity contribution in [3.63, 3.8) is 0 Å². The number of carbonyl (C=O) groups is 1. The van der Waals surface area contributed by atoms with Gasteiger partial charge >= 0.3 is 5.97 Å². The number of benzene rings is 2. The van der Waals surface area contributed by atoms with Crippen LogP contribution in [-0.2, 0) is 4.74 Å². The molecule has 0 amide bonds. The molecule has 24 heavy (non-hydrogen) atoms. The molecular weight excluding hydrogens is 312 g/mol. The van der Waals surface area contributed by atoms with Crippen LogP contribution in [0.1, 0.15) is 15.9 Å². The molecule has 126 valence electrons. The fourth-order valence-corrected chi connectivity index (χ4v) is 2.04. The van der Waals surface area contributed by atoms with Gasteiger partial charge in [0, 0.05) is 0 Å². The molecule has 0 aliphatic heterocycles. The van der Waals surface area contributed by atoms with Crippen molar-refractivity contribution in [2.45, 2.75) is 0 Å². The van der Waals surface area contributed by atoms with Crippen LogP contribution >= 0.6 is 0 Å². The number of methoxy groups -OCH3 is 2. The molecule has 0 atom stereocenters. The molecule has 0 aliphatic carbocycles. The van der Waals surface area contributed by atoms with Crippen LogP contribution in [0.3, 0.4) is 0 Å². The summed E-state index contributed by atoms with van der Waals surface area (Å²) in [5.41, 5.74) is 0.818. The maximum Gasteiger partial charge on any atom is 0.342 e. The number of phenols is 2. The van der Waals surface area contributed by atoms with Gasteiger partial charge in [-0.2, -0.15) is 0 Å². The predicted molar refractivity (Wildman–Crippen MR) is 88.6 cm³/mol. The summed E-state index contributed by atoms with van der Waals surface area (Å²) in [4.78, 5) is 11.8. The topological polar surface area (TPSA) is 85.2 Å². The Kier molecular flexibility index (Phi) is 5.68. The molecule has 6 heteroatoms. The first kappa shape index (κ1) is 17.2. The fraction of sp³-hybridized carbons (Fsp3) is 0.167. The van der Waals surface area contributed by atoms with Gasteiger partial charge in [-0.05, 0) is 35.9 Å². The first-order valence-corrected chi connectivity index (χ1v) is 7.13. The molecule has 2 N–H and O–H groups in total. The Morgan fingerprint density at radius 2 is 1.71 bits per heavy atom. The Morgan fingerprint density at radius 3 is 2.29 bits per heavy atom. The van der Waals surface area contributed by atoms with E-state index in [0.29, 0.717) is 5.56 Å². The van der Waals surface area contributed by atoms with E-state index in [2.05, 4.69) is 0 Å². The lowest BCUT2D eigenvalue weighted by molar-refractivity contribution is 0.0547. The molecule has 0 radical (unpaired) electrons. The largest absolute Gasteiger partial charge is 0.507 e. The van der Waals surface area contributed by atoms with Gasteiger partial charge in [-0.1, -0.05) is 18.2 Å². The van der Waals surface area contributed by atoms with Gasteiger partial charge in [0.05, 0.1) is 14.2 Å². The molecule has 2 rings (SSSR count). The van der Waals surface area contributed by atoms with Crippen molar-refractivity contribution in [1.82, 2.24) is 0 Å². The summed E-state index contributed by atoms with van der Waals surface area (Å²) in [7, 11) is 2.88. The molecule has 0 unspecified atom stereocenters. The number of carbonyl (C=O) groups excluding carboxylic acids is 1. The molecule has 0 aliphatic rings. The minimum Gasteiger partial charge on any atom is -0.507 e. The second kappa shape index (κ2) is 7.92. The van der Waals surface area contributed by atoms with E-state index < -0.39 is 5.97 Å². The Balaban J connectivity index is 2.02. The Labute approximate surface area is 139 Å². The summed E-state index contributed by atoms with van der Waals surface area (Å²) < 4.78 is 15.2. The Morgan fingerprint density at radius 1 is 1.08 bits per heavy atom. The molecule has 0 bridgehead atoms. The van der Waals surface area contributed by atoms with Gasteiger partial charge in [-0.15, -0.1) is 0 Å². The van der Waals surface area contributed by atoms with Crippen molar-refractivity contribution in [3.8, 4) is 23.0 Å². The Bertz CT molecular complexity index is 726. The number of hydrogen-bond donors (Lipinski definition) is 2. The van der Waals surface area contributed by atoms with Crippen molar-refractivity contribution in [1.29, 1.82) is 0 Å². The number of ether oxygens (including phenoxy) is 3. The highest BCUT2D eigenvalue weighted by Gasteiger charge is 2.11. The third kappa shape index (κ3) is 3.98. The van der Waals surface area contributed by atoms with Crippen LogP contribution in [0.15, 0.2) is 42.5 Å². The first-order valence-electron chi connectivity index (χ1n) is 7.13. The number of rotatable bonds is 6. The summed E-state index contributed by atoms with van der Waals surface area (Å²) in [6, 6.07) is 9.41. The SMILES string of the molecule is COc1cc(/C=C/COC(=O)c2ccccc2O)cc(OC)c1O. The van der Waals surface area contributed by atoms with Crippen LogP contribution < -0.4 is 9.47 Å². The fourth-order valence-electron chi connectivity index (χ4n) is 2.04. The van der Waals surface area contributed by atoms with Crippen LogP contribution in [0.5, 0.6) is 23.0 Å². The van der Waals surface area contributed by atoms with Crippen LogP contribution in [0.2, 0.25) is 0 Å². The van der Waals surface area contributed by atoms with E-state index in [-0.39, 0.29) is 35.2 Å². The van der Waals surface area contributed by atoms with Gasteiger partial charge in [-0.3, -0.25) is 0 Å². The molecule has 0 saturated heterocycles. The minimum absolute atomic E-state index is 0.0265. The molecule has 0 saturated carbocycles. The normalized spacial score (nSPS) is 10.6. The van der Waals surface area contributed by atoms with E-state index in [4.69, 9.17) is 14.2 Å². The van der Waals surface area contributed by atoms with Crippen molar-refractivity contribution in [2.24, 2.45) is 0 Å². The summed E-state index contributed by atoms with van der Waals surface area (Å²) in [5, 5.41) is 19.4. The summed E-state index contributed by atoms with van der Waals surface area (Å²) in [6.45, 7) is 0.0265. The van der Waals surface area contributed by atoms with E-state index in [0.717, 1.165) is 0 Å². The zero-order valence-electron chi connectivity index (χ0n) is 13.4. The van der Waals surface area contributed by atoms with Gasteiger partial charge in [0.1, 0.15) is 17.9 Å². The van der Waals surface area contributed by atoms with Gasteiger partial charge in [0.25, 0.3) is 0 Å². The molecular formula is C18H18O6. The van der Waals surface area contributed by atoms with E-state index in [1.807, 2.05) is 0 Å². The molecule has 6 nitrogen and oxygen atoms in total. The summed E-state index contributed by atoms with van der Waals surface area (Å²) in [5.74, 6) is -0.262. The first-order chi connectivity index (χ1) is 11.6. The third-order valence-corrected chi connectivity index (χ3v) is 3.25. The number of aromatic hydroxyl groups is 2. The smallest absolute Gasteiger partial charge is 0.342 e. The minimum atomic E-state index is -0.612. The van der Waals surface area contributed by atoms with E-state index >= 15 is 0 Å². The maximum absolute atomic E-state index is 11.8. The third-order valence-electron chi connectivity index (χ3n) is 3.25. The van der Waals surface area contributed by atoms with Crippen LogP contribution in [-0.4, -0.2) is 37.0 Å². The van der Waals surface area contributed by atoms with Crippen LogP contribution in [0, 0.1) is 0 Å². The Hall–Kier alpha value is -3.15. The number of hydrogen-bond acceptors (Lipinski definition) is 6. The summed E-state index contributed by atoms with van der Waals surface area (Å²) >= 11 is 0. The molecule has 0 aromatic heterocycles. The highest BCUT2D eigenvalue weighted by molar-refractivity contribution is 5.92. The predicted octanol–water partition coefficient (Wildman–Crippen LogP) is 2.99. The second-order valence-corrected chi connectivity index (χ2v) is 4.79. The highest BCUT2D eigenvalue weighted by atomic mass is 16.5. The van der Waals surface area contributed by atoms with Gasteiger partial charge in [0.2, 0.25) is 5.75 Å². The van der Waals surface area contributed by atoms with Crippen molar-refractivity contribution in [2.75, 3.05) is 20.8 Å². The zero-order valence-corrected chi connectivity index (χ0v) is 13.4. The zero-order chi connectivity index (χ0) is 17.5. The second-order valence-electron chi connectivity index (χ2n) is 4.79. The number of phenolic OH excluding ortho intramolecular Hbond substituents is 2. The molecule has 0 spiro atoms. The van der Waals surface area contributed by atoms with Crippen molar-refractivity contribution in [3.05, 3.63) is 53.6 Å². The number of esters is 1. The lowest BCUT2D eigenvalue weighted by Crippen LogP contribution is -2.05. The quantitative estimate of drug-likeness (QED) is 0.792. The van der Waals surface area contributed by atoms with E-state index in [1.165, 1.54) is 26.4 Å². The van der Waals surface area contributed by atoms with Crippen molar-refractivity contribution < 1.29 is 29.2 Å². The van der Waals surface area contributed by atoms with E-state index in [1.54, 1.807) is 36.4 Å². The standard InChI is InChI=1S/C18H18O6/c1-22-15-10-12(11-16(23-2)17(15)20)6-5-9-24-18(21)13-7-3-4-8-14(13)19/h3-8,10-11,19-20H,9H2,1-2H3/b6-5+. The molecule has 0 fully saturated rings. The van der Waals surface area contributed by atoms with Crippen molar-refractivity contribution >= 4 is 12.0 Å². The maximum atomic E-state index is 11.8. The lowest BCUT2D eigenvalue weighted by atomic mass is 10.1. The lowest BCUT2D eigenvalue weighted by Gasteiger charge is -2.09. The van der Waals surface area contributed by atoms with Gasteiger partial charge in [-0.25, -0.2) is 4.79 Å². The molecule has 2 aromatic rings. The van der Waals surface area contributed by atoms with E-state index in [9.17, 15) is 15.0 Å². The summed E-state index contributed by atoms with van der Waals surface area (Å²) in [6.07, 6.45) is 3.33. The average Bonchev–Trinajstić information content (AvgIpc) is 2.59. The molecule has 0 heterocycles. The van der Waals surface area contributed by atoms with Gasteiger partial charge < -0.3 is 24.4 Å².